The SMILES string of the molecule is COc1c([N+](=O)[O-])ccc2ncc(Br)cc12. The van der Waals surface area contributed by atoms with Crippen molar-refractivity contribution in [3.63, 3.8) is 0 Å². The number of nitro benzene ring substituents is 1. The standard InChI is InChI=1S/C10H7BrN2O3/c1-16-10-7-4-6(11)5-12-8(7)2-3-9(10)13(14)15/h2-5H,1H3. The Morgan fingerprint density at radius 1 is 1.50 bits per heavy atom. The van der Waals surface area contributed by atoms with Crippen LogP contribution in [0.3, 0.4) is 0 Å². The van der Waals surface area contributed by atoms with Gasteiger partial charge in [-0.1, -0.05) is 0 Å². The number of fused-ring (bicyclic) bond motifs is 1. The van der Waals surface area contributed by atoms with Gasteiger partial charge >= 0.3 is 5.69 Å². The minimum Gasteiger partial charge on any atom is -0.490 e. The predicted molar refractivity (Wildman–Crippen MR) is 62.6 cm³/mol. The zero-order valence-electron chi connectivity index (χ0n) is 8.31. The van der Waals surface area contributed by atoms with Crippen molar-refractivity contribution in [3.05, 3.63) is 39.0 Å². The lowest BCUT2D eigenvalue weighted by molar-refractivity contribution is -0.385. The molecule has 0 bridgehead atoms. The van der Waals surface area contributed by atoms with Gasteiger partial charge in [-0.15, -0.1) is 0 Å². The number of methoxy groups -OCH3 is 1. The lowest BCUT2D eigenvalue weighted by atomic mass is 10.2. The molecule has 2 aromatic rings. The molecular formula is C10H7BrN2O3. The molecule has 1 aromatic carbocycles. The molecule has 5 nitrogen and oxygen atoms in total. The number of nitro groups is 1. The van der Waals surface area contributed by atoms with Crippen LogP contribution >= 0.6 is 15.9 Å². The van der Waals surface area contributed by atoms with Crippen LogP contribution in [0.2, 0.25) is 0 Å². The lowest BCUT2D eigenvalue weighted by Gasteiger charge is -2.05. The zero-order chi connectivity index (χ0) is 11.7. The third-order valence-corrected chi connectivity index (χ3v) is 2.60. The van der Waals surface area contributed by atoms with Crippen LogP contribution in [0.4, 0.5) is 5.69 Å². The van der Waals surface area contributed by atoms with Crippen molar-refractivity contribution in [3.8, 4) is 5.75 Å². The Bertz CT molecular complexity index is 571. The number of pyridine rings is 1. The Kier molecular flexibility index (Phi) is 2.74. The molecule has 0 spiro atoms. The Morgan fingerprint density at radius 3 is 2.88 bits per heavy atom. The Hall–Kier alpha value is -1.69. The van der Waals surface area contributed by atoms with Gasteiger partial charge in [0.15, 0.2) is 0 Å². The fourth-order valence-electron chi connectivity index (χ4n) is 1.49. The lowest BCUT2D eigenvalue weighted by Crippen LogP contribution is -1.95. The maximum Gasteiger partial charge on any atom is 0.311 e. The summed E-state index contributed by atoms with van der Waals surface area (Å²) < 4.78 is 5.82. The summed E-state index contributed by atoms with van der Waals surface area (Å²) in [5, 5.41) is 11.4. The first-order valence-corrected chi connectivity index (χ1v) is 5.19. The van der Waals surface area contributed by atoms with Crippen molar-refractivity contribution < 1.29 is 9.66 Å². The molecule has 0 N–H and O–H groups in total. The Labute approximate surface area is 99.3 Å². The monoisotopic (exact) mass is 282 g/mol. The fourth-order valence-corrected chi connectivity index (χ4v) is 1.83. The molecule has 1 aromatic heterocycles. The molecule has 6 heteroatoms. The van der Waals surface area contributed by atoms with E-state index in [0.29, 0.717) is 10.9 Å². The Morgan fingerprint density at radius 2 is 2.25 bits per heavy atom. The number of benzene rings is 1. The number of rotatable bonds is 2. The smallest absolute Gasteiger partial charge is 0.311 e. The molecule has 0 aliphatic heterocycles. The quantitative estimate of drug-likeness (QED) is 0.628. The first kappa shape index (κ1) is 10.8. The molecule has 0 atom stereocenters. The topological polar surface area (TPSA) is 65.3 Å². The molecule has 0 saturated heterocycles. The number of hydrogen-bond donors (Lipinski definition) is 0. The number of hydrogen-bond acceptors (Lipinski definition) is 4. The summed E-state index contributed by atoms with van der Waals surface area (Å²) in [5.41, 5.74) is 0.598. The molecule has 82 valence electrons. The second-order valence-corrected chi connectivity index (χ2v) is 4.01. The van der Waals surface area contributed by atoms with E-state index in [1.54, 1.807) is 18.3 Å². The molecular weight excluding hydrogens is 276 g/mol. The van der Waals surface area contributed by atoms with Crippen LogP contribution in [-0.4, -0.2) is 17.0 Å². The van der Waals surface area contributed by atoms with Crippen molar-refractivity contribution in [1.82, 2.24) is 4.98 Å². The molecule has 16 heavy (non-hydrogen) atoms. The summed E-state index contributed by atoms with van der Waals surface area (Å²) in [4.78, 5) is 14.5. The van der Waals surface area contributed by atoms with E-state index in [2.05, 4.69) is 20.9 Å². The van der Waals surface area contributed by atoms with Gasteiger partial charge in [0.25, 0.3) is 0 Å². The predicted octanol–water partition coefficient (Wildman–Crippen LogP) is 2.91. The van der Waals surface area contributed by atoms with E-state index in [-0.39, 0.29) is 11.4 Å². The van der Waals surface area contributed by atoms with E-state index < -0.39 is 4.92 Å². The van der Waals surface area contributed by atoms with Crippen molar-refractivity contribution in [2.75, 3.05) is 7.11 Å². The molecule has 2 rings (SSSR count). The van der Waals surface area contributed by atoms with Crippen LogP contribution < -0.4 is 4.74 Å². The molecule has 0 amide bonds. The third kappa shape index (κ3) is 1.71. The van der Waals surface area contributed by atoms with Crippen molar-refractivity contribution in [2.24, 2.45) is 0 Å². The van der Waals surface area contributed by atoms with Gasteiger partial charge < -0.3 is 4.74 Å². The minimum atomic E-state index is -0.473. The van der Waals surface area contributed by atoms with Gasteiger partial charge in [-0.25, -0.2) is 0 Å². The van der Waals surface area contributed by atoms with Gasteiger partial charge in [-0.2, -0.15) is 0 Å². The van der Waals surface area contributed by atoms with Crippen molar-refractivity contribution >= 4 is 32.5 Å². The summed E-state index contributed by atoms with van der Waals surface area (Å²) in [6.45, 7) is 0. The van der Waals surface area contributed by atoms with Crippen molar-refractivity contribution in [1.29, 1.82) is 0 Å². The minimum absolute atomic E-state index is 0.0603. The average Bonchev–Trinajstić information content (AvgIpc) is 2.27. The maximum absolute atomic E-state index is 10.8. The summed E-state index contributed by atoms with van der Waals surface area (Å²) >= 11 is 3.27. The maximum atomic E-state index is 10.8. The van der Waals surface area contributed by atoms with Crippen LogP contribution in [0.1, 0.15) is 0 Å². The van der Waals surface area contributed by atoms with E-state index in [1.165, 1.54) is 13.2 Å². The highest BCUT2D eigenvalue weighted by Gasteiger charge is 2.18. The van der Waals surface area contributed by atoms with Gasteiger partial charge in [0.05, 0.1) is 22.9 Å². The van der Waals surface area contributed by atoms with Gasteiger partial charge in [0.2, 0.25) is 5.75 Å². The van der Waals surface area contributed by atoms with Gasteiger partial charge in [-0.3, -0.25) is 15.1 Å². The molecule has 0 unspecified atom stereocenters. The number of ether oxygens (including phenoxy) is 1. The third-order valence-electron chi connectivity index (χ3n) is 2.16. The highest BCUT2D eigenvalue weighted by Crippen LogP contribution is 2.35. The normalized spacial score (nSPS) is 10.4. The number of nitrogens with zero attached hydrogens (tertiary/aromatic N) is 2. The number of aromatic nitrogens is 1. The largest absolute Gasteiger partial charge is 0.490 e. The molecule has 0 saturated carbocycles. The molecule has 1 heterocycles. The average molecular weight is 283 g/mol. The van der Waals surface area contributed by atoms with E-state index in [4.69, 9.17) is 4.74 Å². The molecule has 0 radical (unpaired) electrons. The summed E-state index contributed by atoms with van der Waals surface area (Å²) in [7, 11) is 1.41. The van der Waals surface area contributed by atoms with E-state index >= 15 is 0 Å². The van der Waals surface area contributed by atoms with Crippen LogP contribution in [0.5, 0.6) is 5.75 Å². The van der Waals surface area contributed by atoms with Gasteiger partial charge in [-0.05, 0) is 28.1 Å². The number of halogens is 1. The molecule has 0 aliphatic carbocycles. The zero-order valence-corrected chi connectivity index (χ0v) is 9.89. The Balaban J connectivity index is 2.83. The molecule has 0 aliphatic rings. The molecule has 0 fully saturated rings. The first-order valence-electron chi connectivity index (χ1n) is 4.40. The highest BCUT2D eigenvalue weighted by molar-refractivity contribution is 9.10. The van der Waals surface area contributed by atoms with E-state index in [9.17, 15) is 10.1 Å². The second-order valence-electron chi connectivity index (χ2n) is 3.10. The van der Waals surface area contributed by atoms with E-state index in [1.807, 2.05) is 0 Å². The van der Waals surface area contributed by atoms with Crippen LogP contribution in [-0.2, 0) is 0 Å². The van der Waals surface area contributed by atoms with Gasteiger partial charge in [0, 0.05) is 16.7 Å². The van der Waals surface area contributed by atoms with Crippen LogP contribution in [0.25, 0.3) is 10.9 Å². The summed E-state index contributed by atoms with van der Waals surface area (Å²) in [5.74, 6) is 0.233. The second kappa shape index (κ2) is 4.05. The highest BCUT2D eigenvalue weighted by atomic mass is 79.9. The fraction of sp³-hybridized carbons (Fsp3) is 0.100. The summed E-state index contributed by atoms with van der Waals surface area (Å²) in [6.07, 6.45) is 1.63. The first-order chi connectivity index (χ1) is 7.63. The van der Waals surface area contributed by atoms with Crippen molar-refractivity contribution in [2.45, 2.75) is 0 Å². The van der Waals surface area contributed by atoms with Crippen LogP contribution in [0, 0.1) is 10.1 Å². The van der Waals surface area contributed by atoms with E-state index in [0.717, 1.165) is 4.47 Å². The summed E-state index contributed by atoms with van der Waals surface area (Å²) in [6, 6.07) is 4.73. The van der Waals surface area contributed by atoms with Crippen LogP contribution in [0.15, 0.2) is 28.9 Å². The van der Waals surface area contributed by atoms with Gasteiger partial charge in [0.1, 0.15) is 0 Å².